The van der Waals surface area contributed by atoms with Gasteiger partial charge in [0.25, 0.3) is 0 Å². The fraction of sp³-hybridized carbons (Fsp3) is 0.647. The lowest BCUT2D eigenvalue weighted by atomic mass is 9.89. The number of ether oxygens (including phenoxy) is 1. The second-order valence-corrected chi connectivity index (χ2v) is 7.30. The number of benzene rings is 1. The highest BCUT2D eigenvalue weighted by Gasteiger charge is 2.25. The molecular weight excluding hydrogens is 328 g/mol. The number of likely N-dealkylation sites (N-methyl/N-ethyl adjacent to an activating group) is 1. The summed E-state index contributed by atoms with van der Waals surface area (Å²) < 4.78 is 7.06. The SMILES string of the molecule is CN1CCOC(CN2CCC(c3ccc(Br)cc3)CC2)C1. The van der Waals surface area contributed by atoms with Crippen LogP contribution in [0.4, 0.5) is 0 Å². The van der Waals surface area contributed by atoms with E-state index < -0.39 is 0 Å². The molecule has 0 aromatic heterocycles. The van der Waals surface area contributed by atoms with Crippen LogP contribution in [0.1, 0.15) is 24.3 Å². The van der Waals surface area contributed by atoms with Crippen LogP contribution >= 0.6 is 15.9 Å². The van der Waals surface area contributed by atoms with Crippen LogP contribution in [-0.2, 0) is 4.74 Å². The molecule has 0 aliphatic carbocycles. The van der Waals surface area contributed by atoms with Crippen molar-refractivity contribution in [2.24, 2.45) is 0 Å². The van der Waals surface area contributed by atoms with E-state index in [0.29, 0.717) is 6.10 Å². The molecule has 4 heteroatoms. The molecular formula is C17H25BrN2O. The summed E-state index contributed by atoms with van der Waals surface area (Å²) in [5.74, 6) is 0.726. The highest BCUT2D eigenvalue weighted by molar-refractivity contribution is 9.10. The van der Waals surface area contributed by atoms with Crippen LogP contribution in [0.25, 0.3) is 0 Å². The van der Waals surface area contributed by atoms with Crippen molar-refractivity contribution >= 4 is 15.9 Å². The maximum atomic E-state index is 5.89. The minimum absolute atomic E-state index is 0.396. The summed E-state index contributed by atoms with van der Waals surface area (Å²) in [6, 6.07) is 8.86. The molecule has 2 saturated heterocycles. The monoisotopic (exact) mass is 352 g/mol. The Morgan fingerprint density at radius 1 is 1.14 bits per heavy atom. The molecule has 116 valence electrons. The normalized spacial score (nSPS) is 26.1. The molecule has 2 aliphatic rings. The van der Waals surface area contributed by atoms with E-state index >= 15 is 0 Å². The Balaban J connectivity index is 1.47. The summed E-state index contributed by atoms with van der Waals surface area (Å²) in [5.41, 5.74) is 1.49. The van der Waals surface area contributed by atoms with Crippen LogP contribution in [0.2, 0.25) is 0 Å². The molecule has 0 saturated carbocycles. The first-order valence-electron chi connectivity index (χ1n) is 7.98. The van der Waals surface area contributed by atoms with Gasteiger partial charge < -0.3 is 14.5 Å². The summed E-state index contributed by atoms with van der Waals surface area (Å²) >= 11 is 3.51. The number of nitrogens with zero attached hydrogens (tertiary/aromatic N) is 2. The van der Waals surface area contributed by atoms with Crippen molar-refractivity contribution in [1.29, 1.82) is 0 Å². The van der Waals surface area contributed by atoms with E-state index in [2.05, 4.69) is 57.0 Å². The van der Waals surface area contributed by atoms with E-state index in [0.717, 1.165) is 32.2 Å². The van der Waals surface area contributed by atoms with Crippen molar-refractivity contribution in [1.82, 2.24) is 9.80 Å². The van der Waals surface area contributed by atoms with Gasteiger partial charge in [0.15, 0.2) is 0 Å². The standard InChI is InChI=1S/C17H25BrN2O/c1-19-10-11-21-17(12-19)13-20-8-6-15(7-9-20)14-2-4-16(18)5-3-14/h2-5,15,17H,6-13H2,1H3. The quantitative estimate of drug-likeness (QED) is 0.831. The first-order valence-corrected chi connectivity index (χ1v) is 8.78. The predicted octanol–water partition coefficient (Wildman–Crippen LogP) is 2.96. The maximum absolute atomic E-state index is 5.89. The lowest BCUT2D eigenvalue weighted by Gasteiger charge is -2.37. The van der Waals surface area contributed by atoms with Crippen molar-refractivity contribution in [2.45, 2.75) is 24.9 Å². The maximum Gasteiger partial charge on any atom is 0.0829 e. The topological polar surface area (TPSA) is 15.7 Å². The van der Waals surface area contributed by atoms with Crippen molar-refractivity contribution in [3.63, 3.8) is 0 Å². The Kier molecular flexibility index (Phi) is 5.33. The Bertz CT molecular complexity index is 443. The number of hydrogen-bond acceptors (Lipinski definition) is 3. The summed E-state index contributed by atoms with van der Waals surface area (Å²) in [6.45, 7) is 6.53. The van der Waals surface area contributed by atoms with Crippen molar-refractivity contribution in [3.8, 4) is 0 Å². The number of piperidine rings is 1. The Morgan fingerprint density at radius 2 is 1.86 bits per heavy atom. The molecule has 0 N–H and O–H groups in total. The lowest BCUT2D eigenvalue weighted by Crippen LogP contribution is -2.47. The van der Waals surface area contributed by atoms with Gasteiger partial charge in [-0.2, -0.15) is 0 Å². The Labute approximate surface area is 136 Å². The van der Waals surface area contributed by atoms with Gasteiger partial charge in [0.1, 0.15) is 0 Å². The fourth-order valence-corrected chi connectivity index (χ4v) is 3.71. The summed E-state index contributed by atoms with van der Waals surface area (Å²) in [5, 5.41) is 0. The van der Waals surface area contributed by atoms with E-state index in [9.17, 15) is 0 Å². The zero-order valence-electron chi connectivity index (χ0n) is 12.8. The minimum Gasteiger partial charge on any atom is -0.374 e. The molecule has 0 bridgehead atoms. The zero-order valence-corrected chi connectivity index (χ0v) is 14.4. The Hall–Kier alpha value is -0.420. The van der Waals surface area contributed by atoms with Crippen LogP contribution in [0.3, 0.4) is 0 Å². The molecule has 2 aliphatic heterocycles. The van der Waals surface area contributed by atoms with Gasteiger partial charge in [-0.15, -0.1) is 0 Å². The lowest BCUT2D eigenvalue weighted by molar-refractivity contribution is -0.0382. The van der Waals surface area contributed by atoms with Gasteiger partial charge in [0, 0.05) is 24.1 Å². The van der Waals surface area contributed by atoms with E-state index in [-0.39, 0.29) is 0 Å². The van der Waals surface area contributed by atoms with E-state index in [1.165, 1.54) is 36.0 Å². The highest BCUT2D eigenvalue weighted by atomic mass is 79.9. The number of likely N-dealkylation sites (tertiary alicyclic amines) is 1. The van der Waals surface area contributed by atoms with E-state index in [4.69, 9.17) is 4.74 Å². The largest absolute Gasteiger partial charge is 0.374 e. The zero-order chi connectivity index (χ0) is 14.7. The molecule has 2 heterocycles. The molecule has 21 heavy (non-hydrogen) atoms. The molecule has 1 atom stereocenters. The number of halogens is 1. The number of rotatable bonds is 3. The first kappa shape index (κ1) is 15.5. The smallest absolute Gasteiger partial charge is 0.0829 e. The summed E-state index contributed by atoms with van der Waals surface area (Å²) in [6.07, 6.45) is 2.93. The van der Waals surface area contributed by atoms with Gasteiger partial charge in [0.05, 0.1) is 12.7 Å². The highest BCUT2D eigenvalue weighted by Crippen LogP contribution is 2.29. The van der Waals surface area contributed by atoms with Crippen molar-refractivity contribution < 1.29 is 4.74 Å². The second kappa shape index (κ2) is 7.23. The Morgan fingerprint density at radius 3 is 2.52 bits per heavy atom. The molecule has 1 unspecified atom stereocenters. The van der Waals surface area contributed by atoms with Gasteiger partial charge in [0.2, 0.25) is 0 Å². The third-order valence-corrected chi connectivity index (χ3v) is 5.26. The average molecular weight is 353 g/mol. The molecule has 3 nitrogen and oxygen atoms in total. The van der Waals surface area contributed by atoms with Gasteiger partial charge in [-0.25, -0.2) is 0 Å². The average Bonchev–Trinajstić information content (AvgIpc) is 2.49. The van der Waals surface area contributed by atoms with Crippen molar-refractivity contribution in [2.75, 3.05) is 46.4 Å². The molecule has 3 rings (SSSR count). The fourth-order valence-electron chi connectivity index (χ4n) is 3.45. The summed E-state index contributed by atoms with van der Waals surface area (Å²) in [7, 11) is 2.19. The minimum atomic E-state index is 0.396. The summed E-state index contributed by atoms with van der Waals surface area (Å²) in [4.78, 5) is 4.96. The van der Waals surface area contributed by atoms with E-state index in [1.54, 1.807) is 0 Å². The third-order valence-electron chi connectivity index (χ3n) is 4.73. The molecule has 0 amide bonds. The number of morpholine rings is 1. The van der Waals surface area contributed by atoms with Crippen LogP contribution in [0, 0.1) is 0 Å². The predicted molar refractivity (Wildman–Crippen MR) is 89.8 cm³/mol. The van der Waals surface area contributed by atoms with Crippen LogP contribution < -0.4 is 0 Å². The molecule has 1 aromatic carbocycles. The van der Waals surface area contributed by atoms with Crippen LogP contribution in [0.15, 0.2) is 28.7 Å². The van der Waals surface area contributed by atoms with Crippen molar-refractivity contribution in [3.05, 3.63) is 34.3 Å². The molecule has 2 fully saturated rings. The van der Waals surface area contributed by atoms with Gasteiger partial charge in [-0.1, -0.05) is 28.1 Å². The second-order valence-electron chi connectivity index (χ2n) is 6.38. The molecule has 0 spiro atoms. The first-order chi connectivity index (χ1) is 10.2. The third kappa shape index (κ3) is 4.28. The van der Waals surface area contributed by atoms with Gasteiger partial charge in [-0.3, -0.25) is 0 Å². The van der Waals surface area contributed by atoms with Crippen LogP contribution in [0.5, 0.6) is 0 Å². The van der Waals surface area contributed by atoms with E-state index in [1.807, 2.05) is 0 Å². The van der Waals surface area contributed by atoms with Gasteiger partial charge >= 0.3 is 0 Å². The number of hydrogen-bond donors (Lipinski definition) is 0. The molecule has 0 radical (unpaired) electrons. The van der Waals surface area contributed by atoms with Gasteiger partial charge in [-0.05, 0) is 56.6 Å². The molecule has 1 aromatic rings. The van der Waals surface area contributed by atoms with Crippen LogP contribution in [-0.4, -0.2) is 62.3 Å².